The number of aromatic nitrogens is 5. The number of nitrogens with one attached hydrogen (secondary N) is 1. The molecule has 4 rings (SSSR count). The molecule has 0 atom stereocenters. The van der Waals surface area contributed by atoms with Gasteiger partial charge in [0.2, 0.25) is 0 Å². The van der Waals surface area contributed by atoms with Crippen LogP contribution in [0.4, 0.5) is 0 Å². The second-order valence-corrected chi connectivity index (χ2v) is 5.79. The lowest BCUT2D eigenvalue weighted by Crippen LogP contribution is -2.00. The van der Waals surface area contributed by atoms with Gasteiger partial charge in [-0.2, -0.15) is 5.10 Å². The predicted molar refractivity (Wildman–Crippen MR) is 94.5 cm³/mol. The first-order chi connectivity index (χ1) is 12.1. The lowest BCUT2D eigenvalue weighted by atomic mass is 10.0. The van der Waals surface area contributed by atoms with E-state index in [-0.39, 0.29) is 5.56 Å². The third kappa shape index (κ3) is 2.46. The minimum absolute atomic E-state index is 0.149. The highest BCUT2D eigenvalue weighted by atomic mass is 16.4. The molecule has 7 heteroatoms. The SMILES string of the molecule is C=CCc1nc(-c2ccc3cn(C)nc3c2)c2c(C(=O)O)c[nH]c2n1. The lowest BCUT2D eigenvalue weighted by Gasteiger charge is -2.06. The van der Waals surface area contributed by atoms with Crippen LogP contribution in [0.1, 0.15) is 16.2 Å². The van der Waals surface area contributed by atoms with E-state index in [0.29, 0.717) is 29.0 Å². The highest BCUT2D eigenvalue weighted by molar-refractivity contribution is 6.08. The number of fused-ring (bicyclic) bond motifs is 2. The molecule has 0 amide bonds. The molecule has 0 bridgehead atoms. The van der Waals surface area contributed by atoms with Crippen LogP contribution in [-0.2, 0) is 13.5 Å². The van der Waals surface area contributed by atoms with Crippen LogP contribution in [0, 0.1) is 0 Å². The molecule has 0 fully saturated rings. The van der Waals surface area contributed by atoms with Crippen molar-refractivity contribution in [2.24, 2.45) is 7.05 Å². The minimum atomic E-state index is -1.02. The van der Waals surface area contributed by atoms with E-state index in [4.69, 9.17) is 0 Å². The zero-order valence-corrected chi connectivity index (χ0v) is 13.5. The van der Waals surface area contributed by atoms with Gasteiger partial charge >= 0.3 is 5.97 Å². The largest absolute Gasteiger partial charge is 0.478 e. The number of rotatable bonds is 4. The lowest BCUT2D eigenvalue weighted by molar-refractivity contribution is 0.0699. The summed E-state index contributed by atoms with van der Waals surface area (Å²) in [4.78, 5) is 23.5. The number of aryl methyl sites for hydroxylation is 1. The van der Waals surface area contributed by atoms with Crippen molar-refractivity contribution < 1.29 is 9.90 Å². The van der Waals surface area contributed by atoms with Gasteiger partial charge in [0, 0.05) is 36.8 Å². The highest BCUT2D eigenvalue weighted by Gasteiger charge is 2.19. The maximum Gasteiger partial charge on any atom is 0.338 e. The van der Waals surface area contributed by atoms with E-state index >= 15 is 0 Å². The Kier molecular flexibility index (Phi) is 3.35. The van der Waals surface area contributed by atoms with Gasteiger partial charge in [0.05, 0.1) is 22.2 Å². The van der Waals surface area contributed by atoms with Crippen LogP contribution in [0.2, 0.25) is 0 Å². The summed E-state index contributed by atoms with van der Waals surface area (Å²) < 4.78 is 1.74. The molecule has 3 heterocycles. The second-order valence-electron chi connectivity index (χ2n) is 5.79. The number of carboxylic acid groups (broad SMARTS) is 1. The first-order valence-corrected chi connectivity index (χ1v) is 7.73. The Hall–Kier alpha value is -3.48. The maximum atomic E-state index is 11.6. The Labute approximate surface area is 142 Å². The van der Waals surface area contributed by atoms with E-state index in [2.05, 4.69) is 26.6 Å². The zero-order chi connectivity index (χ0) is 17.6. The minimum Gasteiger partial charge on any atom is -0.478 e. The Morgan fingerprint density at radius 2 is 2.24 bits per heavy atom. The summed E-state index contributed by atoms with van der Waals surface area (Å²) in [5, 5.41) is 15.4. The summed E-state index contributed by atoms with van der Waals surface area (Å²) in [5.41, 5.74) is 2.85. The number of H-pyrrole nitrogens is 1. The van der Waals surface area contributed by atoms with Gasteiger partial charge in [0.25, 0.3) is 0 Å². The summed E-state index contributed by atoms with van der Waals surface area (Å²) >= 11 is 0. The van der Waals surface area contributed by atoms with Crippen molar-refractivity contribution in [3.05, 3.63) is 54.6 Å². The monoisotopic (exact) mass is 333 g/mol. The number of aromatic carboxylic acids is 1. The number of hydrogen-bond donors (Lipinski definition) is 2. The summed E-state index contributed by atoms with van der Waals surface area (Å²) in [7, 11) is 1.86. The molecule has 0 spiro atoms. The van der Waals surface area contributed by atoms with Gasteiger partial charge in [-0.1, -0.05) is 18.2 Å². The molecule has 25 heavy (non-hydrogen) atoms. The molecule has 124 valence electrons. The molecule has 0 aliphatic rings. The molecule has 1 aromatic carbocycles. The summed E-state index contributed by atoms with van der Waals surface area (Å²) in [6.45, 7) is 3.72. The fourth-order valence-electron chi connectivity index (χ4n) is 2.96. The fraction of sp³-hybridized carbons (Fsp3) is 0.111. The zero-order valence-electron chi connectivity index (χ0n) is 13.5. The van der Waals surface area contributed by atoms with Crippen molar-refractivity contribution in [2.75, 3.05) is 0 Å². The third-order valence-corrected chi connectivity index (χ3v) is 4.03. The van der Waals surface area contributed by atoms with Crippen molar-refractivity contribution in [1.82, 2.24) is 24.7 Å². The van der Waals surface area contributed by atoms with E-state index in [9.17, 15) is 9.90 Å². The summed E-state index contributed by atoms with van der Waals surface area (Å²) in [6, 6.07) is 5.78. The maximum absolute atomic E-state index is 11.6. The van der Waals surface area contributed by atoms with Gasteiger partial charge < -0.3 is 10.1 Å². The van der Waals surface area contributed by atoms with Crippen LogP contribution in [0.3, 0.4) is 0 Å². The summed E-state index contributed by atoms with van der Waals surface area (Å²) in [5.74, 6) is -0.441. The van der Waals surface area contributed by atoms with E-state index in [1.165, 1.54) is 6.20 Å². The molecule has 0 saturated heterocycles. The molecule has 0 unspecified atom stereocenters. The van der Waals surface area contributed by atoms with Gasteiger partial charge in [-0.15, -0.1) is 6.58 Å². The normalized spacial score (nSPS) is 11.2. The van der Waals surface area contributed by atoms with Gasteiger partial charge in [-0.05, 0) is 6.07 Å². The third-order valence-electron chi connectivity index (χ3n) is 4.03. The molecule has 0 radical (unpaired) electrons. The number of allylic oxidation sites excluding steroid dienone is 1. The number of aromatic amines is 1. The highest BCUT2D eigenvalue weighted by Crippen LogP contribution is 2.30. The Morgan fingerprint density at radius 1 is 1.40 bits per heavy atom. The van der Waals surface area contributed by atoms with Crippen molar-refractivity contribution in [3.8, 4) is 11.3 Å². The first kappa shape index (κ1) is 15.1. The fourth-order valence-corrected chi connectivity index (χ4v) is 2.96. The molecular weight excluding hydrogens is 318 g/mol. The van der Waals surface area contributed by atoms with Crippen LogP contribution in [-0.4, -0.2) is 35.8 Å². The number of carboxylic acids is 1. The smallest absolute Gasteiger partial charge is 0.338 e. The first-order valence-electron chi connectivity index (χ1n) is 7.73. The number of nitrogens with zero attached hydrogens (tertiary/aromatic N) is 4. The molecule has 4 aromatic rings. The molecule has 0 saturated carbocycles. The average molecular weight is 333 g/mol. The van der Waals surface area contributed by atoms with Gasteiger partial charge in [0.15, 0.2) is 0 Å². The van der Waals surface area contributed by atoms with Crippen LogP contribution in [0.15, 0.2) is 43.2 Å². The standard InChI is InChI=1S/C18H15N5O2/c1-3-4-14-20-16(15-12(18(24)25)8-19-17(15)21-14)10-5-6-11-9-23(2)22-13(11)7-10/h3,5-9H,1,4H2,2H3,(H,24,25)(H,19,20,21). The van der Waals surface area contributed by atoms with Gasteiger partial charge in [-0.3, -0.25) is 4.68 Å². The van der Waals surface area contributed by atoms with Crippen molar-refractivity contribution in [1.29, 1.82) is 0 Å². The molecular formula is C18H15N5O2. The van der Waals surface area contributed by atoms with E-state index in [1.54, 1.807) is 10.8 Å². The average Bonchev–Trinajstić information content (AvgIpc) is 3.16. The van der Waals surface area contributed by atoms with Crippen molar-refractivity contribution in [2.45, 2.75) is 6.42 Å². The molecule has 3 aromatic heterocycles. The number of hydrogen-bond acceptors (Lipinski definition) is 4. The molecule has 7 nitrogen and oxygen atoms in total. The molecule has 0 aliphatic heterocycles. The van der Waals surface area contributed by atoms with E-state index < -0.39 is 5.97 Å². The van der Waals surface area contributed by atoms with E-state index in [1.807, 2.05) is 31.4 Å². The Bertz CT molecular complexity index is 1140. The number of carbonyl (C=O) groups is 1. The van der Waals surface area contributed by atoms with Gasteiger partial charge in [-0.25, -0.2) is 14.8 Å². The second kappa shape index (κ2) is 5.55. The van der Waals surface area contributed by atoms with Crippen molar-refractivity contribution >= 4 is 27.9 Å². The van der Waals surface area contributed by atoms with E-state index in [0.717, 1.165) is 16.5 Å². The molecule has 2 N–H and O–H groups in total. The van der Waals surface area contributed by atoms with Gasteiger partial charge in [0.1, 0.15) is 11.5 Å². The summed E-state index contributed by atoms with van der Waals surface area (Å²) in [6.07, 6.45) is 5.59. The Balaban J connectivity index is 2.03. The van der Waals surface area contributed by atoms with Crippen LogP contribution in [0.25, 0.3) is 33.2 Å². The van der Waals surface area contributed by atoms with Crippen LogP contribution in [0.5, 0.6) is 0 Å². The predicted octanol–water partition coefficient (Wildman–Crippen LogP) is 2.94. The Morgan fingerprint density at radius 3 is 3.00 bits per heavy atom. The molecule has 0 aliphatic carbocycles. The van der Waals surface area contributed by atoms with Crippen LogP contribution >= 0.6 is 0 Å². The van der Waals surface area contributed by atoms with Crippen molar-refractivity contribution in [3.63, 3.8) is 0 Å². The quantitative estimate of drug-likeness (QED) is 0.560. The van der Waals surface area contributed by atoms with Crippen LogP contribution < -0.4 is 0 Å². The topological polar surface area (TPSA) is 96.7 Å². The number of benzene rings is 1.